The van der Waals surface area contributed by atoms with Crippen molar-refractivity contribution in [3.05, 3.63) is 54.1 Å². The number of aromatic nitrogens is 3. The number of carbonyl (C=O) groups is 1. The molecule has 0 atom stereocenters. The molecule has 4 rings (SSSR count). The summed E-state index contributed by atoms with van der Waals surface area (Å²) in [7, 11) is 0. The Balaban J connectivity index is 2.11. The molecule has 0 aliphatic carbocycles. The van der Waals surface area contributed by atoms with Crippen molar-refractivity contribution >= 4 is 11.7 Å². The van der Waals surface area contributed by atoms with Crippen molar-refractivity contribution in [3.63, 3.8) is 0 Å². The lowest BCUT2D eigenvalue weighted by Crippen LogP contribution is -2.36. The van der Waals surface area contributed by atoms with E-state index in [9.17, 15) is 4.79 Å². The topological polar surface area (TPSA) is 103 Å². The Morgan fingerprint density at radius 2 is 1.74 bits per heavy atom. The number of urea groups is 1. The fourth-order valence-corrected chi connectivity index (χ4v) is 2.98. The molecule has 4 N–H and O–H groups in total. The monoisotopic (exact) mass is 306 g/mol. The highest BCUT2D eigenvalue weighted by atomic mass is 16.2. The molecule has 23 heavy (non-hydrogen) atoms. The fourth-order valence-electron chi connectivity index (χ4n) is 2.98. The minimum atomic E-state index is -0.522. The molecule has 0 saturated carbocycles. The quantitative estimate of drug-likeness (QED) is 0.617. The molecule has 7 heteroatoms. The van der Waals surface area contributed by atoms with E-state index in [1.807, 2.05) is 48.5 Å². The SMILES string of the molecule is NC(=O)N1Cc2ccccc2-c2nnn(N)c2-c2ccccc21. The molecule has 7 nitrogen and oxygen atoms in total. The van der Waals surface area contributed by atoms with Crippen molar-refractivity contribution in [2.24, 2.45) is 5.73 Å². The van der Waals surface area contributed by atoms with Crippen LogP contribution in [0.15, 0.2) is 48.5 Å². The Morgan fingerprint density at radius 1 is 1.04 bits per heavy atom. The van der Waals surface area contributed by atoms with Crippen LogP contribution in [0.3, 0.4) is 0 Å². The van der Waals surface area contributed by atoms with Gasteiger partial charge < -0.3 is 11.6 Å². The second kappa shape index (κ2) is 4.84. The number of anilines is 1. The van der Waals surface area contributed by atoms with E-state index in [4.69, 9.17) is 11.6 Å². The first kappa shape index (κ1) is 13.3. The van der Waals surface area contributed by atoms with Gasteiger partial charge in [0.25, 0.3) is 0 Å². The second-order valence-electron chi connectivity index (χ2n) is 5.33. The Hall–Kier alpha value is -3.35. The highest BCUT2D eigenvalue weighted by molar-refractivity contribution is 5.98. The Bertz CT molecular complexity index is 916. The average Bonchev–Trinajstić information content (AvgIpc) is 2.92. The predicted octanol–water partition coefficient (Wildman–Crippen LogP) is 1.72. The number of benzene rings is 2. The number of primary amides is 1. The molecule has 2 aromatic carbocycles. The lowest BCUT2D eigenvalue weighted by Gasteiger charge is -2.26. The second-order valence-corrected chi connectivity index (χ2v) is 5.33. The van der Waals surface area contributed by atoms with Crippen LogP contribution in [0, 0.1) is 0 Å². The first-order chi connectivity index (χ1) is 11.2. The van der Waals surface area contributed by atoms with Crippen LogP contribution in [0.2, 0.25) is 0 Å². The van der Waals surface area contributed by atoms with E-state index in [0.29, 0.717) is 23.6 Å². The normalized spacial score (nSPS) is 12.6. The molecule has 3 aromatic rings. The highest BCUT2D eigenvalue weighted by Crippen LogP contribution is 2.40. The van der Waals surface area contributed by atoms with Crippen LogP contribution in [0.25, 0.3) is 22.5 Å². The van der Waals surface area contributed by atoms with E-state index in [-0.39, 0.29) is 0 Å². The van der Waals surface area contributed by atoms with Crippen LogP contribution >= 0.6 is 0 Å². The molecule has 0 bridgehead atoms. The summed E-state index contributed by atoms with van der Waals surface area (Å²) in [6, 6.07) is 14.6. The van der Waals surface area contributed by atoms with Gasteiger partial charge >= 0.3 is 6.03 Å². The van der Waals surface area contributed by atoms with Crippen molar-refractivity contribution < 1.29 is 4.79 Å². The molecule has 1 aliphatic rings. The third-order valence-corrected chi connectivity index (χ3v) is 4.01. The lowest BCUT2D eigenvalue weighted by molar-refractivity contribution is 0.253. The summed E-state index contributed by atoms with van der Waals surface area (Å²) in [6.07, 6.45) is 0. The maximum Gasteiger partial charge on any atom is 0.319 e. The number of nitrogens with zero attached hydrogens (tertiary/aromatic N) is 4. The van der Waals surface area contributed by atoms with Gasteiger partial charge in [-0.1, -0.05) is 42.5 Å². The van der Waals surface area contributed by atoms with Crippen molar-refractivity contribution in [3.8, 4) is 22.5 Å². The van der Waals surface area contributed by atoms with Crippen molar-refractivity contribution in [1.29, 1.82) is 0 Å². The van der Waals surface area contributed by atoms with E-state index < -0.39 is 6.03 Å². The van der Waals surface area contributed by atoms with E-state index >= 15 is 0 Å². The number of para-hydroxylation sites is 1. The number of rotatable bonds is 0. The molecule has 0 unspecified atom stereocenters. The smallest absolute Gasteiger partial charge is 0.319 e. The maximum absolute atomic E-state index is 12.0. The van der Waals surface area contributed by atoms with Gasteiger partial charge in [0.05, 0.1) is 12.2 Å². The molecular formula is C16H14N6O. The summed E-state index contributed by atoms with van der Waals surface area (Å²) in [6.45, 7) is 0.361. The van der Waals surface area contributed by atoms with E-state index in [1.54, 1.807) is 0 Å². The van der Waals surface area contributed by atoms with E-state index in [1.165, 1.54) is 9.69 Å². The highest BCUT2D eigenvalue weighted by Gasteiger charge is 2.27. The summed E-state index contributed by atoms with van der Waals surface area (Å²) in [5.41, 5.74) is 10.2. The molecule has 0 spiro atoms. The third kappa shape index (κ3) is 1.94. The van der Waals surface area contributed by atoms with Gasteiger partial charge in [-0.15, -0.1) is 5.10 Å². The molecule has 1 aliphatic heterocycles. The van der Waals surface area contributed by atoms with Gasteiger partial charge in [-0.2, -0.15) is 4.79 Å². The van der Waals surface area contributed by atoms with Gasteiger partial charge in [0.1, 0.15) is 11.4 Å². The van der Waals surface area contributed by atoms with Crippen LogP contribution in [0.1, 0.15) is 5.56 Å². The molecule has 2 heterocycles. The standard InChI is InChI=1S/C16H14N6O/c17-16(23)21-9-10-5-1-2-6-11(10)14-15(22(18)20-19-14)12-7-3-4-8-13(12)21/h1-8H,9,18H2,(H2,17,23). The predicted molar refractivity (Wildman–Crippen MR) is 86.8 cm³/mol. The van der Waals surface area contributed by atoms with Gasteiger partial charge in [0, 0.05) is 11.1 Å². The number of amides is 2. The zero-order valence-electron chi connectivity index (χ0n) is 12.2. The van der Waals surface area contributed by atoms with E-state index in [0.717, 1.165) is 16.7 Å². The molecule has 114 valence electrons. The number of hydrogen-bond donors (Lipinski definition) is 2. The van der Waals surface area contributed by atoms with Gasteiger partial charge in [-0.3, -0.25) is 4.90 Å². The Kier molecular flexibility index (Phi) is 2.80. The fraction of sp³-hybridized carbons (Fsp3) is 0.0625. The minimum absolute atomic E-state index is 0.361. The Labute approximate surface area is 132 Å². The number of hydrogen-bond acceptors (Lipinski definition) is 4. The first-order valence-electron chi connectivity index (χ1n) is 7.12. The third-order valence-electron chi connectivity index (χ3n) is 4.01. The van der Waals surface area contributed by atoms with Crippen LogP contribution in [-0.2, 0) is 6.54 Å². The minimum Gasteiger partial charge on any atom is -0.351 e. The van der Waals surface area contributed by atoms with Gasteiger partial charge in [-0.25, -0.2) is 4.79 Å². The zero-order valence-corrected chi connectivity index (χ0v) is 12.2. The van der Waals surface area contributed by atoms with E-state index in [2.05, 4.69) is 10.3 Å². The van der Waals surface area contributed by atoms with Gasteiger partial charge in [-0.05, 0) is 16.8 Å². The summed E-state index contributed by atoms with van der Waals surface area (Å²) < 4.78 is 0. The molecule has 1 aromatic heterocycles. The molecule has 0 fully saturated rings. The maximum atomic E-state index is 12.0. The van der Waals surface area contributed by atoms with Crippen molar-refractivity contribution in [1.82, 2.24) is 15.1 Å². The number of fused-ring (bicyclic) bond motifs is 5. The Morgan fingerprint density at radius 3 is 2.52 bits per heavy atom. The zero-order chi connectivity index (χ0) is 16.0. The average molecular weight is 306 g/mol. The molecule has 0 radical (unpaired) electrons. The number of carbonyl (C=O) groups excluding carboxylic acids is 1. The lowest BCUT2D eigenvalue weighted by atomic mass is 9.96. The van der Waals surface area contributed by atoms with Gasteiger partial charge in [0.15, 0.2) is 0 Å². The largest absolute Gasteiger partial charge is 0.351 e. The summed E-state index contributed by atoms with van der Waals surface area (Å²) in [4.78, 5) is 14.8. The number of nitrogens with two attached hydrogens (primary N) is 2. The van der Waals surface area contributed by atoms with Gasteiger partial charge in [0.2, 0.25) is 0 Å². The number of nitrogen functional groups attached to an aromatic ring is 1. The van der Waals surface area contributed by atoms with Crippen molar-refractivity contribution in [2.45, 2.75) is 6.54 Å². The summed E-state index contributed by atoms with van der Waals surface area (Å²) >= 11 is 0. The van der Waals surface area contributed by atoms with Crippen LogP contribution in [-0.4, -0.2) is 21.1 Å². The molecule has 2 amide bonds. The summed E-state index contributed by atoms with van der Waals surface area (Å²) in [5.74, 6) is 5.98. The summed E-state index contributed by atoms with van der Waals surface area (Å²) in [5, 5.41) is 8.18. The molecular weight excluding hydrogens is 292 g/mol. The molecule has 0 saturated heterocycles. The first-order valence-corrected chi connectivity index (χ1v) is 7.12. The van der Waals surface area contributed by atoms with Crippen LogP contribution in [0.4, 0.5) is 10.5 Å². The van der Waals surface area contributed by atoms with Crippen LogP contribution < -0.4 is 16.5 Å². The van der Waals surface area contributed by atoms with Crippen LogP contribution in [0.5, 0.6) is 0 Å². The van der Waals surface area contributed by atoms with Crippen molar-refractivity contribution in [2.75, 3.05) is 10.7 Å².